The molecule has 0 fully saturated rings. The molecule has 0 amide bonds. The first kappa shape index (κ1) is 26.1. The zero-order valence-electron chi connectivity index (χ0n) is 16.8. The zero-order valence-corrected chi connectivity index (χ0v) is 19.9. The molecule has 0 heterocycles. The van der Waals surface area contributed by atoms with Crippen molar-refractivity contribution >= 4 is 39.8 Å². The molecule has 0 aliphatic carbocycles. The van der Waals surface area contributed by atoms with Gasteiger partial charge in [-0.2, -0.15) is 0 Å². The molecule has 0 saturated carbocycles. The summed E-state index contributed by atoms with van der Waals surface area (Å²) in [6.45, 7) is 9.32. The Morgan fingerprint density at radius 1 is 1.26 bits per heavy atom. The minimum absolute atomic E-state index is 0. The van der Waals surface area contributed by atoms with Crippen molar-refractivity contribution in [3.8, 4) is 0 Å². The summed E-state index contributed by atoms with van der Waals surface area (Å²) >= 11 is 0. The molecule has 1 aromatic carbocycles. The average molecular weight is 514 g/mol. The van der Waals surface area contributed by atoms with E-state index in [1.165, 1.54) is 24.5 Å². The molecule has 0 aliphatic heterocycles. The molecule has 0 bridgehead atoms. The van der Waals surface area contributed by atoms with Crippen LogP contribution in [-0.4, -0.2) is 58.3 Å². The van der Waals surface area contributed by atoms with Crippen LogP contribution >= 0.6 is 24.0 Å². The summed E-state index contributed by atoms with van der Waals surface area (Å²) in [5.74, 6) is 0.0905. The summed E-state index contributed by atoms with van der Waals surface area (Å²) in [6, 6.07) is 4.63. The normalized spacial score (nSPS) is 12.2. The molecule has 0 radical (unpaired) electrons. The largest absolute Gasteiger partial charge is 0.355 e. The Bertz CT molecular complexity index is 711. The topological polar surface area (TPSA) is 73.8 Å². The quantitative estimate of drug-likeness (QED) is 0.301. The fourth-order valence-corrected chi connectivity index (χ4v) is 3.53. The third-order valence-electron chi connectivity index (χ3n) is 4.08. The van der Waals surface area contributed by atoms with Crippen LogP contribution in [0.15, 0.2) is 23.2 Å². The highest BCUT2D eigenvalue weighted by Crippen LogP contribution is 2.14. The van der Waals surface area contributed by atoms with Gasteiger partial charge in [-0.25, -0.2) is 12.8 Å². The summed E-state index contributed by atoms with van der Waals surface area (Å²) < 4.78 is 36.7. The predicted molar refractivity (Wildman–Crippen MR) is 121 cm³/mol. The number of hydrogen-bond donors (Lipinski definition) is 2. The van der Waals surface area contributed by atoms with Crippen molar-refractivity contribution in [3.05, 3.63) is 35.1 Å². The average Bonchev–Trinajstić information content (AvgIpc) is 2.55. The Labute approximate surface area is 180 Å². The van der Waals surface area contributed by atoms with Crippen LogP contribution in [0.25, 0.3) is 0 Å². The van der Waals surface area contributed by atoms with Crippen LogP contribution in [0.1, 0.15) is 31.9 Å². The van der Waals surface area contributed by atoms with E-state index in [1.54, 1.807) is 7.05 Å². The fraction of sp³-hybridized carbons (Fsp3) is 0.611. The summed E-state index contributed by atoms with van der Waals surface area (Å²) in [5, 5.41) is 6.35. The number of nitrogens with zero attached hydrogens (tertiary/aromatic N) is 2. The fourth-order valence-electron chi connectivity index (χ4n) is 2.68. The van der Waals surface area contributed by atoms with E-state index in [1.807, 2.05) is 0 Å². The molecule has 0 unspecified atom stereocenters. The standard InChI is InChI=1S/C18H31FN4O2S.HI/c1-6-23(14(2)3)10-9-21-18(20-4)22-12-16-11-17(19)8-7-15(16)13-26(5,24)25;/h7-8,11,14H,6,9-10,12-13H2,1-5H3,(H2,20,21,22);1H. The van der Waals surface area contributed by atoms with Crippen molar-refractivity contribution in [1.29, 1.82) is 0 Å². The van der Waals surface area contributed by atoms with E-state index < -0.39 is 15.7 Å². The maximum atomic E-state index is 13.6. The van der Waals surface area contributed by atoms with Crippen molar-refractivity contribution in [2.24, 2.45) is 4.99 Å². The number of likely N-dealkylation sites (N-methyl/N-ethyl adjacent to an activating group) is 1. The van der Waals surface area contributed by atoms with Crippen molar-refractivity contribution in [1.82, 2.24) is 15.5 Å². The van der Waals surface area contributed by atoms with Gasteiger partial charge >= 0.3 is 0 Å². The number of aliphatic imine (C=N–C) groups is 1. The van der Waals surface area contributed by atoms with Crippen LogP contribution in [0.2, 0.25) is 0 Å². The molecule has 1 rings (SSSR count). The van der Waals surface area contributed by atoms with Gasteiger partial charge in [-0.15, -0.1) is 24.0 Å². The van der Waals surface area contributed by atoms with Crippen LogP contribution in [0.3, 0.4) is 0 Å². The minimum Gasteiger partial charge on any atom is -0.355 e. The summed E-state index contributed by atoms with van der Waals surface area (Å²) in [6.07, 6.45) is 1.17. The Hall–Kier alpha value is -0.940. The molecule has 0 saturated heterocycles. The van der Waals surface area contributed by atoms with Gasteiger partial charge in [-0.05, 0) is 43.7 Å². The van der Waals surface area contributed by atoms with Gasteiger partial charge in [0.05, 0.1) is 5.75 Å². The van der Waals surface area contributed by atoms with Gasteiger partial charge in [0.1, 0.15) is 5.82 Å². The maximum absolute atomic E-state index is 13.6. The van der Waals surface area contributed by atoms with Gasteiger partial charge in [0.25, 0.3) is 0 Å². The van der Waals surface area contributed by atoms with Crippen molar-refractivity contribution < 1.29 is 12.8 Å². The molecule has 27 heavy (non-hydrogen) atoms. The smallest absolute Gasteiger partial charge is 0.191 e. The lowest BCUT2D eigenvalue weighted by molar-refractivity contribution is 0.237. The highest BCUT2D eigenvalue weighted by molar-refractivity contribution is 14.0. The van der Waals surface area contributed by atoms with Gasteiger partial charge < -0.3 is 10.6 Å². The van der Waals surface area contributed by atoms with E-state index in [0.29, 0.717) is 29.7 Å². The molecule has 0 aromatic heterocycles. The van der Waals surface area contributed by atoms with Gasteiger partial charge in [0.2, 0.25) is 0 Å². The van der Waals surface area contributed by atoms with Gasteiger partial charge in [0, 0.05) is 39.0 Å². The molecular weight excluding hydrogens is 482 g/mol. The van der Waals surface area contributed by atoms with Crippen molar-refractivity contribution in [2.45, 2.75) is 39.1 Å². The highest BCUT2D eigenvalue weighted by Gasteiger charge is 2.11. The van der Waals surface area contributed by atoms with Gasteiger partial charge in [-0.1, -0.05) is 13.0 Å². The number of halogens is 2. The van der Waals surface area contributed by atoms with Crippen molar-refractivity contribution in [3.63, 3.8) is 0 Å². The number of nitrogens with one attached hydrogen (secondary N) is 2. The predicted octanol–water partition coefficient (Wildman–Crippen LogP) is 2.38. The van der Waals surface area contributed by atoms with Crippen LogP contribution < -0.4 is 10.6 Å². The zero-order chi connectivity index (χ0) is 19.7. The lowest BCUT2D eigenvalue weighted by Gasteiger charge is -2.25. The number of benzene rings is 1. The molecule has 0 aliphatic rings. The molecule has 6 nitrogen and oxygen atoms in total. The van der Waals surface area contributed by atoms with E-state index in [-0.39, 0.29) is 29.7 Å². The molecule has 1 aromatic rings. The van der Waals surface area contributed by atoms with Crippen LogP contribution in [0, 0.1) is 5.82 Å². The monoisotopic (exact) mass is 514 g/mol. The molecular formula is C18H32FIN4O2S. The highest BCUT2D eigenvalue weighted by atomic mass is 127. The second kappa shape index (κ2) is 12.5. The summed E-state index contributed by atoms with van der Waals surface area (Å²) in [5.41, 5.74) is 1.20. The Morgan fingerprint density at radius 3 is 2.44 bits per heavy atom. The van der Waals surface area contributed by atoms with Gasteiger partial charge in [-0.3, -0.25) is 9.89 Å². The number of rotatable bonds is 9. The van der Waals surface area contributed by atoms with E-state index in [4.69, 9.17) is 0 Å². The molecule has 0 atom stereocenters. The first-order valence-electron chi connectivity index (χ1n) is 8.79. The number of guanidine groups is 1. The third-order valence-corrected chi connectivity index (χ3v) is 4.92. The minimum atomic E-state index is -3.19. The maximum Gasteiger partial charge on any atom is 0.191 e. The molecule has 9 heteroatoms. The van der Waals surface area contributed by atoms with E-state index in [9.17, 15) is 12.8 Å². The summed E-state index contributed by atoms with van der Waals surface area (Å²) in [7, 11) is -1.53. The number of hydrogen-bond acceptors (Lipinski definition) is 4. The van der Waals surface area contributed by atoms with E-state index >= 15 is 0 Å². The Morgan fingerprint density at radius 2 is 1.93 bits per heavy atom. The molecule has 2 N–H and O–H groups in total. The second-order valence-corrected chi connectivity index (χ2v) is 8.70. The van der Waals surface area contributed by atoms with E-state index in [0.717, 1.165) is 19.6 Å². The van der Waals surface area contributed by atoms with E-state index in [2.05, 4.69) is 41.3 Å². The molecule has 156 valence electrons. The van der Waals surface area contributed by atoms with Gasteiger partial charge in [0.15, 0.2) is 15.8 Å². The van der Waals surface area contributed by atoms with Crippen molar-refractivity contribution in [2.75, 3.05) is 32.9 Å². The van der Waals surface area contributed by atoms with Crippen LogP contribution in [0.5, 0.6) is 0 Å². The van der Waals surface area contributed by atoms with Crippen LogP contribution in [-0.2, 0) is 22.1 Å². The SMILES string of the molecule is CCN(CCNC(=NC)NCc1cc(F)ccc1CS(C)(=O)=O)C(C)C.I. The molecule has 0 spiro atoms. The first-order valence-corrected chi connectivity index (χ1v) is 10.9. The second-order valence-electron chi connectivity index (χ2n) is 6.56. The number of sulfone groups is 1. The first-order chi connectivity index (χ1) is 12.2. The third kappa shape index (κ3) is 10.2. The van der Waals surface area contributed by atoms with Crippen LogP contribution in [0.4, 0.5) is 4.39 Å². The lowest BCUT2D eigenvalue weighted by Crippen LogP contribution is -2.43. The Kier molecular flexibility index (Phi) is 12.1. The lowest BCUT2D eigenvalue weighted by atomic mass is 10.1. The Balaban J connectivity index is 0.00000676. The summed E-state index contributed by atoms with van der Waals surface area (Å²) in [4.78, 5) is 6.49.